The maximum absolute atomic E-state index is 8.89. The normalized spacial score (nSPS) is 23.1. The van der Waals surface area contributed by atoms with Crippen LogP contribution in [0, 0.1) is 11.3 Å². The molecule has 0 aliphatic carbocycles. The number of anilines is 1. The maximum atomic E-state index is 8.89. The number of nitriles is 1. The van der Waals surface area contributed by atoms with Gasteiger partial charge in [0, 0.05) is 23.8 Å². The molecule has 0 spiro atoms. The Balaban J connectivity index is 2.34. The Bertz CT molecular complexity index is 431. The van der Waals surface area contributed by atoms with Gasteiger partial charge in [-0.05, 0) is 38.5 Å². The number of hydrogen-bond donors (Lipinski definition) is 1. The highest BCUT2D eigenvalue weighted by Gasteiger charge is 2.36. The summed E-state index contributed by atoms with van der Waals surface area (Å²) in [5, 5.41) is 8.89. The van der Waals surface area contributed by atoms with Crippen LogP contribution >= 0.6 is 0 Å². The molecule has 2 N–H and O–H groups in total. The van der Waals surface area contributed by atoms with Crippen LogP contribution in [0.4, 0.5) is 5.69 Å². The molecule has 16 heavy (non-hydrogen) atoms. The molecular weight excluding hydrogens is 198 g/mol. The van der Waals surface area contributed by atoms with E-state index in [0.29, 0.717) is 5.56 Å². The van der Waals surface area contributed by atoms with Gasteiger partial charge in [-0.3, -0.25) is 0 Å². The smallest absolute Gasteiger partial charge is 0.0992 e. The fraction of sp³-hybridized carbons (Fsp3) is 0.462. The molecule has 1 heterocycles. The van der Waals surface area contributed by atoms with Crippen LogP contribution in [0.1, 0.15) is 25.8 Å². The molecule has 1 atom stereocenters. The van der Waals surface area contributed by atoms with Crippen LogP contribution in [0.3, 0.4) is 0 Å². The zero-order chi connectivity index (χ0) is 11.8. The van der Waals surface area contributed by atoms with E-state index >= 15 is 0 Å². The summed E-state index contributed by atoms with van der Waals surface area (Å²) in [4.78, 5) is 2.29. The van der Waals surface area contributed by atoms with Gasteiger partial charge in [-0.25, -0.2) is 0 Å². The first-order valence-electron chi connectivity index (χ1n) is 5.56. The van der Waals surface area contributed by atoms with Crippen molar-refractivity contribution in [3.8, 4) is 6.07 Å². The van der Waals surface area contributed by atoms with E-state index in [9.17, 15) is 0 Å². The van der Waals surface area contributed by atoms with Crippen molar-refractivity contribution in [1.82, 2.24) is 0 Å². The Kier molecular flexibility index (Phi) is 2.61. The highest BCUT2D eigenvalue weighted by molar-refractivity contribution is 5.54. The second-order valence-electron chi connectivity index (χ2n) is 5.05. The highest BCUT2D eigenvalue weighted by atomic mass is 15.2. The van der Waals surface area contributed by atoms with Crippen LogP contribution in [0.5, 0.6) is 0 Å². The standard InChI is InChI=1S/C13H17N3/c1-13(2)7-11(15)9-16(13)12-5-3-4-10(6-12)8-14/h3-6,11H,7,9,15H2,1-2H3. The zero-order valence-electron chi connectivity index (χ0n) is 9.77. The second-order valence-corrected chi connectivity index (χ2v) is 5.05. The van der Waals surface area contributed by atoms with E-state index in [4.69, 9.17) is 11.0 Å². The van der Waals surface area contributed by atoms with Crippen molar-refractivity contribution in [2.75, 3.05) is 11.4 Å². The summed E-state index contributed by atoms with van der Waals surface area (Å²) in [5.74, 6) is 0. The highest BCUT2D eigenvalue weighted by Crippen LogP contribution is 2.33. The van der Waals surface area contributed by atoms with Gasteiger partial charge in [0.1, 0.15) is 0 Å². The number of nitrogens with zero attached hydrogens (tertiary/aromatic N) is 2. The average Bonchev–Trinajstić information content (AvgIpc) is 2.52. The van der Waals surface area contributed by atoms with Gasteiger partial charge in [-0.15, -0.1) is 0 Å². The van der Waals surface area contributed by atoms with Crippen molar-refractivity contribution in [3.05, 3.63) is 29.8 Å². The fourth-order valence-corrected chi connectivity index (χ4v) is 2.50. The van der Waals surface area contributed by atoms with Gasteiger partial charge in [0.05, 0.1) is 11.6 Å². The summed E-state index contributed by atoms with van der Waals surface area (Å²) in [6.07, 6.45) is 0.990. The third-order valence-electron chi connectivity index (χ3n) is 3.20. The lowest BCUT2D eigenvalue weighted by molar-refractivity contribution is 0.506. The van der Waals surface area contributed by atoms with Crippen LogP contribution in [0.15, 0.2) is 24.3 Å². The molecule has 1 fully saturated rings. The zero-order valence-corrected chi connectivity index (χ0v) is 9.77. The Labute approximate surface area is 96.5 Å². The summed E-state index contributed by atoms with van der Waals surface area (Å²) < 4.78 is 0. The molecule has 2 rings (SSSR count). The predicted molar refractivity (Wildman–Crippen MR) is 65.2 cm³/mol. The summed E-state index contributed by atoms with van der Waals surface area (Å²) in [6, 6.07) is 10.1. The van der Waals surface area contributed by atoms with E-state index in [-0.39, 0.29) is 11.6 Å². The van der Waals surface area contributed by atoms with E-state index < -0.39 is 0 Å². The fourth-order valence-electron chi connectivity index (χ4n) is 2.50. The van der Waals surface area contributed by atoms with Crippen molar-refractivity contribution < 1.29 is 0 Å². The van der Waals surface area contributed by atoms with Gasteiger partial charge in [0.15, 0.2) is 0 Å². The lowest BCUT2D eigenvalue weighted by Gasteiger charge is -2.33. The number of rotatable bonds is 1. The third kappa shape index (κ3) is 1.89. The maximum Gasteiger partial charge on any atom is 0.0992 e. The third-order valence-corrected chi connectivity index (χ3v) is 3.20. The minimum atomic E-state index is 0.0769. The first-order valence-corrected chi connectivity index (χ1v) is 5.56. The summed E-state index contributed by atoms with van der Waals surface area (Å²) in [6.45, 7) is 5.25. The quantitative estimate of drug-likeness (QED) is 0.778. The van der Waals surface area contributed by atoms with Gasteiger partial charge < -0.3 is 10.6 Å². The molecule has 0 saturated carbocycles. The van der Waals surface area contributed by atoms with Gasteiger partial charge >= 0.3 is 0 Å². The van der Waals surface area contributed by atoms with E-state index in [1.165, 1.54) is 0 Å². The molecule has 1 unspecified atom stereocenters. The molecular formula is C13H17N3. The first-order chi connectivity index (χ1) is 7.53. The van der Waals surface area contributed by atoms with E-state index in [1.54, 1.807) is 0 Å². The van der Waals surface area contributed by atoms with Crippen LogP contribution < -0.4 is 10.6 Å². The molecule has 0 bridgehead atoms. The van der Waals surface area contributed by atoms with Crippen molar-refractivity contribution >= 4 is 5.69 Å². The van der Waals surface area contributed by atoms with E-state index in [1.807, 2.05) is 24.3 Å². The van der Waals surface area contributed by atoms with Crippen LogP contribution in [0.2, 0.25) is 0 Å². The molecule has 1 saturated heterocycles. The molecule has 84 valence electrons. The Morgan fingerprint density at radius 3 is 2.81 bits per heavy atom. The molecule has 1 aromatic carbocycles. The molecule has 1 aliphatic heterocycles. The van der Waals surface area contributed by atoms with Crippen molar-refractivity contribution in [1.29, 1.82) is 5.26 Å². The molecule has 0 amide bonds. The molecule has 3 heteroatoms. The molecule has 1 aliphatic rings. The molecule has 3 nitrogen and oxygen atoms in total. The van der Waals surface area contributed by atoms with E-state index in [2.05, 4.69) is 24.8 Å². The van der Waals surface area contributed by atoms with E-state index in [0.717, 1.165) is 18.7 Å². The molecule has 0 aromatic heterocycles. The van der Waals surface area contributed by atoms with Gasteiger partial charge in [0.25, 0.3) is 0 Å². The minimum absolute atomic E-state index is 0.0769. The molecule has 1 aromatic rings. The van der Waals surface area contributed by atoms with Crippen molar-refractivity contribution in [3.63, 3.8) is 0 Å². The Morgan fingerprint density at radius 1 is 1.50 bits per heavy atom. The predicted octanol–water partition coefficient (Wildman–Crippen LogP) is 1.87. The average molecular weight is 215 g/mol. The largest absolute Gasteiger partial charge is 0.365 e. The SMILES string of the molecule is CC1(C)CC(N)CN1c1cccc(C#N)c1. The Morgan fingerprint density at radius 2 is 2.25 bits per heavy atom. The summed E-state index contributed by atoms with van der Waals surface area (Å²) >= 11 is 0. The van der Waals surface area contributed by atoms with Gasteiger partial charge in [0.2, 0.25) is 0 Å². The van der Waals surface area contributed by atoms with Crippen molar-refractivity contribution in [2.45, 2.75) is 31.8 Å². The van der Waals surface area contributed by atoms with Crippen LogP contribution in [0.25, 0.3) is 0 Å². The first kappa shape index (κ1) is 11.0. The van der Waals surface area contributed by atoms with Crippen molar-refractivity contribution in [2.24, 2.45) is 5.73 Å². The number of hydrogen-bond acceptors (Lipinski definition) is 3. The van der Waals surface area contributed by atoms with Gasteiger partial charge in [-0.2, -0.15) is 5.26 Å². The summed E-state index contributed by atoms with van der Waals surface area (Å²) in [7, 11) is 0. The topological polar surface area (TPSA) is 53.0 Å². The monoisotopic (exact) mass is 215 g/mol. The lowest BCUT2D eigenvalue weighted by Crippen LogP contribution is -2.38. The van der Waals surface area contributed by atoms with Crippen LogP contribution in [-0.4, -0.2) is 18.1 Å². The number of nitrogens with two attached hydrogens (primary N) is 1. The van der Waals surface area contributed by atoms with Gasteiger partial charge in [-0.1, -0.05) is 6.07 Å². The molecule has 0 radical (unpaired) electrons. The lowest BCUT2D eigenvalue weighted by atomic mass is 10.00. The summed E-state index contributed by atoms with van der Waals surface area (Å²) in [5.41, 5.74) is 7.88. The minimum Gasteiger partial charge on any atom is -0.365 e. The van der Waals surface area contributed by atoms with Crippen LogP contribution in [-0.2, 0) is 0 Å². The number of benzene rings is 1. The second kappa shape index (κ2) is 3.80. The Hall–Kier alpha value is -1.53.